The molecule has 2 N–H and O–H groups in total. The van der Waals surface area contributed by atoms with E-state index in [0.717, 1.165) is 50.7 Å². The number of carboxylic acid groups (broad SMARTS) is 1. The minimum atomic E-state index is -0.980. The van der Waals surface area contributed by atoms with Crippen LogP contribution in [-0.4, -0.2) is 51.9 Å². The fourth-order valence-electron chi connectivity index (χ4n) is 4.00. The molecule has 4 aromatic rings. The predicted octanol–water partition coefficient (Wildman–Crippen LogP) is 2.29. The molecular weight excluding hydrogens is 441 g/mol. The number of thiazole rings is 1. The van der Waals surface area contributed by atoms with Crippen molar-refractivity contribution >= 4 is 41.8 Å². The summed E-state index contributed by atoms with van der Waals surface area (Å²) in [6.45, 7) is 0. The van der Waals surface area contributed by atoms with E-state index in [-0.39, 0.29) is 5.56 Å². The number of nitrogens with one attached hydrogen (secondary N) is 1. The lowest BCUT2D eigenvalue weighted by molar-refractivity contribution is 0.0697. The van der Waals surface area contributed by atoms with Crippen molar-refractivity contribution in [3.63, 3.8) is 0 Å². The van der Waals surface area contributed by atoms with E-state index in [1.165, 1.54) is 18.4 Å². The second kappa shape index (κ2) is 8.17. The molecule has 0 saturated heterocycles. The van der Waals surface area contributed by atoms with Gasteiger partial charge in [-0.1, -0.05) is 22.9 Å². The van der Waals surface area contributed by atoms with E-state index in [1.54, 1.807) is 30.6 Å². The van der Waals surface area contributed by atoms with E-state index >= 15 is 0 Å². The monoisotopic (exact) mass is 459 g/mol. The number of hydrogen-bond acceptors (Lipinski definition) is 7. The summed E-state index contributed by atoms with van der Waals surface area (Å²) in [4.78, 5) is 32.9. The number of pyridine rings is 1. The number of fused-ring (bicyclic) bond motifs is 3. The van der Waals surface area contributed by atoms with Gasteiger partial charge in [0.1, 0.15) is 7.85 Å². The van der Waals surface area contributed by atoms with Crippen molar-refractivity contribution in [3.05, 3.63) is 59.5 Å². The number of carbonyl (C=O) groups excluding carboxylic acids is 1. The van der Waals surface area contributed by atoms with Gasteiger partial charge in [-0.2, -0.15) is 5.10 Å². The standard InChI is InChI=1S/C22H18BN5O4S/c1-32-22(31)26-21-25-15-6-5-13-17(12-3-2-8-24-10-12)27-28(18(13)19(15)33-21)16-7-4-11(20(29)30)9-14(16)23/h2-4,7-10H,5-6,23H2,1H3,(H,29,30)(H,25,26,31). The van der Waals surface area contributed by atoms with Gasteiger partial charge in [0.25, 0.3) is 0 Å². The second-order valence-electron chi connectivity index (χ2n) is 7.55. The van der Waals surface area contributed by atoms with Crippen LogP contribution in [0.5, 0.6) is 0 Å². The van der Waals surface area contributed by atoms with Crippen LogP contribution in [-0.2, 0) is 17.6 Å². The third-order valence-electron chi connectivity index (χ3n) is 5.51. The Morgan fingerprint density at radius 2 is 2.12 bits per heavy atom. The molecule has 0 saturated carbocycles. The highest BCUT2D eigenvalue weighted by atomic mass is 32.1. The molecule has 11 heteroatoms. The van der Waals surface area contributed by atoms with Crippen molar-refractivity contribution in [2.45, 2.75) is 12.8 Å². The smallest absolute Gasteiger partial charge is 0.413 e. The number of methoxy groups -OCH3 is 1. The molecule has 33 heavy (non-hydrogen) atoms. The number of anilines is 1. The average molecular weight is 459 g/mol. The molecule has 0 bridgehead atoms. The van der Waals surface area contributed by atoms with Crippen molar-refractivity contribution < 1.29 is 19.4 Å². The van der Waals surface area contributed by atoms with Crippen molar-refractivity contribution in [1.29, 1.82) is 0 Å². The Kier molecular flexibility index (Phi) is 5.17. The van der Waals surface area contributed by atoms with Gasteiger partial charge in [0.2, 0.25) is 0 Å². The van der Waals surface area contributed by atoms with Crippen molar-refractivity contribution in [1.82, 2.24) is 19.7 Å². The van der Waals surface area contributed by atoms with Crippen LogP contribution < -0.4 is 10.8 Å². The van der Waals surface area contributed by atoms with Gasteiger partial charge in [-0.25, -0.2) is 19.3 Å². The maximum absolute atomic E-state index is 11.7. The number of aryl methyl sites for hydroxylation is 1. The number of amides is 1. The number of aromatic carboxylic acids is 1. The second-order valence-corrected chi connectivity index (χ2v) is 8.55. The zero-order valence-electron chi connectivity index (χ0n) is 17.8. The van der Waals surface area contributed by atoms with E-state index in [0.29, 0.717) is 11.6 Å². The molecule has 0 radical (unpaired) electrons. The highest BCUT2D eigenvalue weighted by Crippen LogP contribution is 2.43. The van der Waals surface area contributed by atoms with Crippen LogP contribution >= 0.6 is 11.3 Å². The largest absolute Gasteiger partial charge is 0.478 e. The van der Waals surface area contributed by atoms with E-state index in [2.05, 4.69) is 15.3 Å². The average Bonchev–Trinajstić information content (AvgIpc) is 3.40. The lowest BCUT2D eigenvalue weighted by Gasteiger charge is -2.15. The molecule has 5 rings (SSSR count). The maximum atomic E-state index is 11.7. The molecule has 0 fully saturated rings. The molecule has 0 unspecified atom stereocenters. The van der Waals surface area contributed by atoms with Crippen molar-refractivity contribution in [2.24, 2.45) is 0 Å². The van der Waals surface area contributed by atoms with Crippen molar-refractivity contribution in [3.8, 4) is 27.5 Å². The molecule has 9 nitrogen and oxygen atoms in total. The highest BCUT2D eigenvalue weighted by Gasteiger charge is 2.30. The number of benzene rings is 1. The summed E-state index contributed by atoms with van der Waals surface area (Å²) in [7, 11) is 3.17. The maximum Gasteiger partial charge on any atom is 0.413 e. The van der Waals surface area contributed by atoms with Gasteiger partial charge < -0.3 is 9.84 Å². The summed E-state index contributed by atoms with van der Waals surface area (Å²) in [5, 5.41) is 17.4. The molecule has 1 aromatic carbocycles. The first-order chi connectivity index (χ1) is 16.0. The van der Waals surface area contributed by atoms with E-state index in [9.17, 15) is 14.7 Å². The number of aromatic nitrogens is 4. The van der Waals surface area contributed by atoms with Crippen LogP contribution in [0.4, 0.5) is 9.93 Å². The van der Waals surface area contributed by atoms with Crippen LogP contribution in [0, 0.1) is 0 Å². The van der Waals surface area contributed by atoms with E-state index in [4.69, 9.17) is 9.84 Å². The van der Waals surface area contributed by atoms with Crippen LogP contribution in [0.2, 0.25) is 0 Å². The molecule has 164 valence electrons. The van der Waals surface area contributed by atoms with Gasteiger partial charge in [-0.15, -0.1) is 0 Å². The van der Waals surface area contributed by atoms with Gasteiger partial charge in [0, 0.05) is 23.5 Å². The van der Waals surface area contributed by atoms with Crippen LogP contribution in [0.25, 0.3) is 27.5 Å². The third kappa shape index (κ3) is 3.66. The Morgan fingerprint density at radius 3 is 2.82 bits per heavy atom. The van der Waals surface area contributed by atoms with Crippen LogP contribution in [0.1, 0.15) is 21.6 Å². The van der Waals surface area contributed by atoms with Gasteiger partial charge in [-0.3, -0.25) is 10.3 Å². The number of nitrogens with zero attached hydrogens (tertiary/aromatic N) is 4. The summed E-state index contributed by atoms with van der Waals surface area (Å²) in [5.41, 5.74) is 6.31. The summed E-state index contributed by atoms with van der Waals surface area (Å²) in [6, 6.07) is 8.81. The Hall–Kier alpha value is -3.99. The van der Waals surface area contributed by atoms with Crippen LogP contribution in [0.3, 0.4) is 0 Å². The predicted molar refractivity (Wildman–Crippen MR) is 126 cm³/mol. The van der Waals surface area contributed by atoms with Gasteiger partial charge in [-0.05, 0) is 37.1 Å². The summed E-state index contributed by atoms with van der Waals surface area (Å²) >= 11 is 1.36. The molecule has 1 aliphatic carbocycles. The molecule has 1 amide bonds. The zero-order chi connectivity index (χ0) is 23.1. The van der Waals surface area contributed by atoms with Gasteiger partial charge >= 0.3 is 12.1 Å². The number of ether oxygens (including phenoxy) is 1. The molecule has 0 atom stereocenters. The molecule has 3 heterocycles. The molecular formula is C22H18BN5O4S. The summed E-state index contributed by atoms with van der Waals surface area (Å²) in [5.74, 6) is -0.980. The summed E-state index contributed by atoms with van der Waals surface area (Å²) in [6.07, 6.45) is 4.34. The summed E-state index contributed by atoms with van der Waals surface area (Å²) < 4.78 is 6.55. The minimum absolute atomic E-state index is 0.216. The minimum Gasteiger partial charge on any atom is -0.478 e. The Labute approximate surface area is 193 Å². The highest BCUT2D eigenvalue weighted by molar-refractivity contribution is 7.19. The molecule has 3 aromatic heterocycles. The zero-order valence-corrected chi connectivity index (χ0v) is 18.6. The Balaban J connectivity index is 1.72. The first-order valence-electron chi connectivity index (χ1n) is 10.2. The Morgan fingerprint density at radius 1 is 1.27 bits per heavy atom. The quantitative estimate of drug-likeness (QED) is 0.450. The fourth-order valence-corrected chi connectivity index (χ4v) is 5.05. The first kappa shape index (κ1) is 20.9. The van der Waals surface area contributed by atoms with E-state index < -0.39 is 12.1 Å². The normalized spacial score (nSPS) is 12.0. The van der Waals surface area contributed by atoms with Crippen LogP contribution in [0.15, 0.2) is 42.7 Å². The number of rotatable bonds is 4. The number of hydrogen-bond donors (Lipinski definition) is 2. The SMILES string of the molecule is Bc1cc(C(=O)O)ccc1-n1nc(-c2cccnc2)c2c1-c1sc(NC(=O)OC)nc1CC2. The van der Waals surface area contributed by atoms with Gasteiger partial charge in [0.15, 0.2) is 5.13 Å². The third-order valence-corrected chi connectivity index (χ3v) is 6.53. The van der Waals surface area contributed by atoms with E-state index in [1.807, 2.05) is 24.7 Å². The number of carbonyl (C=O) groups is 2. The van der Waals surface area contributed by atoms with Crippen molar-refractivity contribution in [2.75, 3.05) is 12.4 Å². The Bertz CT molecular complexity index is 1400. The topological polar surface area (TPSA) is 119 Å². The van der Waals surface area contributed by atoms with Gasteiger partial charge in [0.05, 0.1) is 40.3 Å². The molecule has 0 spiro atoms. The first-order valence-corrected chi connectivity index (χ1v) is 11.0. The fraction of sp³-hybridized carbons (Fsp3) is 0.136. The lowest BCUT2D eigenvalue weighted by atomic mass is 9.91. The number of carboxylic acids is 1. The lowest BCUT2D eigenvalue weighted by Crippen LogP contribution is -2.17. The molecule has 1 aliphatic rings. The molecule has 0 aliphatic heterocycles.